The predicted molar refractivity (Wildman–Crippen MR) is 77.4 cm³/mol. The second kappa shape index (κ2) is 7.32. The van der Waals surface area contributed by atoms with Gasteiger partial charge in [-0.3, -0.25) is 4.99 Å². The number of methoxy groups -OCH3 is 1. The van der Waals surface area contributed by atoms with Crippen LogP contribution in [0.25, 0.3) is 0 Å². The highest BCUT2D eigenvalue weighted by molar-refractivity contribution is 14.0. The summed E-state index contributed by atoms with van der Waals surface area (Å²) in [6.07, 6.45) is 0. The normalized spacial score (nSPS) is 10.6. The van der Waals surface area contributed by atoms with Gasteiger partial charge in [-0.1, -0.05) is 12.1 Å². The molecule has 0 atom stereocenters. The monoisotopic (exact) mass is 335 g/mol. The number of rotatable bonds is 3. The Morgan fingerprint density at radius 1 is 1.38 bits per heavy atom. The molecule has 0 saturated heterocycles. The number of nitrogens with zero attached hydrogens (tertiary/aromatic N) is 2. The molecule has 1 aromatic carbocycles. The van der Waals surface area contributed by atoms with Gasteiger partial charge in [0.15, 0.2) is 5.96 Å². The third kappa shape index (κ3) is 4.26. The quantitative estimate of drug-likeness (QED) is 0.520. The number of guanidine groups is 1. The van der Waals surface area contributed by atoms with Crippen LogP contribution in [0.3, 0.4) is 0 Å². The van der Waals surface area contributed by atoms with Crippen LogP contribution in [0.15, 0.2) is 29.3 Å². The van der Waals surface area contributed by atoms with Gasteiger partial charge in [0, 0.05) is 20.6 Å². The number of hydrogen-bond donors (Lipinski definition) is 1. The highest BCUT2D eigenvalue weighted by atomic mass is 127. The van der Waals surface area contributed by atoms with E-state index >= 15 is 0 Å². The van der Waals surface area contributed by atoms with Crippen LogP contribution < -0.4 is 10.5 Å². The molecule has 0 spiro atoms. The molecule has 0 aliphatic heterocycles. The number of aliphatic imine (C=N–C) groups is 1. The lowest BCUT2D eigenvalue weighted by Crippen LogP contribution is -2.33. The molecular formula is C11H18IN3O. The molecule has 0 aliphatic carbocycles. The maximum absolute atomic E-state index is 5.67. The third-order valence-corrected chi connectivity index (χ3v) is 2.20. The van der Waals surface area contributed by atoms with E-state index in [-0.39, 0.29) is 24.0 Å². The van der Waals surface area contributed by atoms with Crippen LogP contribution in [0.1, 0.15) is 5.56 Å². The van der Waals surface area contributed by atoms with E-state index in [1.807, 2.05) is 36.2 Å². The van der Waals surface area contributed by atoms with Crippen molar-refractivity contribution in [1.29, 1.82) is 0 Å². The Morgan fingerprint density at radius 3 is 2.38 bits per heavy atom. The lowest BCUT2D eigenvalue weighted by atomic mass is 10.2. The summed E-state index contributed by atoms with van der Waals surface area (Å²) in [6.45, 7) is 0.743. The zero-order valence-electron chi connectivity index (χ0n) is 9.80. The number of ether oxygens (including phenoxy) is 1. The fraction of sp³-hybridized carbons (Fsp3) is 0.364. The summed E-state index contributed by atoms with van der Waals surface area (Å²) in [5.41, 5.74) is 6.84. The van der Waals surface area contributed by atoms with Gasteiger partial charge in [-0.25, -0.2) is 0 Å². The third-order valence-electron chi connectivity index (χ3n) is 2.20. The van der Waals surface area contributed by atoms with Crippen molar-refractivity contribution >= 4 is 29.9 Å². The molecular weight excluding hydrogens is 317 g/mol. The first-order valence-corrected chi connectivity index (χ1v) is 4.73. The smallest absolute Gasteiger partial charge is 0.191 e. The Bertz CT molecular complexity index is 338. The number of hydrogen-bond acceptors (Lipinski definition) is 2. The van der Waals surface area contributed by atoms with Crippen LogP contribution in [0.2, 0.25) is 0 Å². The summed E-state index contributed by atoms with van der Waals surface area (Å²) >= 11 is 0. The fourth-order valence-electron chi connectivity index (χ4n) is 1.26. The Kier molecular flexibility index (Phi) is 6.87. The molecule has 4 nitrogen and oxygen atoms in total. The summed E-state index contributed by atoms with van der Waals surface area (Å²) in [7, 11) is 5.25. The molecule has 0 saturated carbocycles. The van der Waals surface area contributed by atoms with Gasteiger partial charge in [0.25, 0.3) is 0 Å². The van der Waals surface area contributed by atoms with E-state index in [0.717, 1.165) is 12.3 Å². The van der Waals surface area contributed by atoms with Crippen molar-refractivity contribution in [2.24, 2.45) is 10.7 Å². The van der Waals surface area contributed by atoms with Crippen molar-refractivity contribution in [2.75, 3.05) is 21.2 Å². The minimum absolute atomic E-state index is 0. The van der Waals surface area contributed by atoms with E-state index in [4.69, 9.17) is 10.5 Å². The van der Waals surface area contributed by atoms with Crippen molar-refractivity contribution in [3.05, 3.63) is 29.8 Å². The molecule has 2 N–H and O–H groups in total. The summed E-state index contributed by atoms with van der Waals surface area (Å²) in [5, 5.41) is 0. The SMILES string of the molecule is CN=C(N)N(C)Cc1ccc(OC)cc1.I. The van der Waals surface area contributed by atoms with E-state index in [0.29, 0.717) is 5.96 Å². The lowest BCUT2D eigenvalue weighted by molar-refractivity contribution is 0.414. The molecule has 0 bridgehead atoms. The van der Waals surface area contributed by atoms with Gasteiger partial charge < -0.3 is 15.4 Å². The van der Waals surface area contributed by atoms with Gasteiger partial charge in [0.2, 0.25) is 0 Å². The van der Waals surface area contributed by atoms with Crippen LogP contribution in [-0.4, -0.2) is 32.1 Å². The second-order valence-electron chi connectivity index (χ2n) is 3.29. The van der Waals surface area contributed by atoms with Crippen LogP contribution in [0.4, 0.5) is 0 Å². The van der Waals surface area contributed by atoms with Gasteiger partial charge in [-0.15, -0.1) is 24.0 Å². The maximum Gasteiger partial charge on any atom is 0.191 e. The average Bonchev–Trinajstić information content (AvgIpc) is 2.29. The number of nitrogens with two attached hydrogens (primary N) is 1. The number of halogens is 1. The van der Waals surface area contributed by atoms with E-state index in [1.54, 1.807) is 14.2 Å². The molecule has 0 aromatic heterocycles. The van der Waals surface area contributed by atoms with Gasteiger partial charge in [0.05, 0.1) is 7.11 Å². The van der Waals surface area contributed by atoms with Crippen LogP contribution in [0.5, 0.6) is 5.75 Å². The average molecular weight is 335 g/mol. The van der Waals surface area contributed by atoms with E-state index in [2.05, 4.69) is 4.99 Å². The van der Waals surface area contributed by atoms with Crippen LogP contribution in [-0.2, 0) is 6.54 Å². The molecule has 0 radical (unpaired) electrons. The molecule has 5 heteroatoms. The van der Waals surface area contributed by atoms with Crippen molar-refractivity contribution in [3.63, 3.8) is 0 Å². The summed E-state index contributed by atoms with van der Waals surface area (Å²) in [6, 6.07) is 7.89. The summed E-state index contributed by atoms with van der Waals surface area (Å²) in [4.78, 5) is 5.80. The Labute approximate surface area is 114 Å². The van der Waals surface area contributed by atoms with Gasteiger partial charge in [-0.2, -0.15) is 0 Å². The van der Waals surface area contributed by atoms with Crippen molar-refractivity contribution in [3.8, 4) is 5.75 Å². The van der Waals surface area contributed by atoms with Crippen LogP contribution >= 0.6 is 24.0 Å². The standard InChI is InChI=1S/C11H17N3O.HI/c1-13-11(12)14(2)8-9-4-6-10(15-3)7-5-9;/h4-7H,8H2,1-3H3,(H2,12,13);1H. The molecule has 0 unspecified atom stereocenters. The zero-order valence-corrected chi connectivity index (χ0v) is 12.1. The molecule has 0 amide bonds. The van der Waals surface area contributed by atoms with Crippen molar-refractivity contribution < 1.29 is 4.74 Å². The first-order valence-electron chi connectivity index (χ1n) is 4.73. The summed E-state index contributed by atoms with van der Waals surface area (Å²) < 4.78 is 5.08. The van der Waals surface area contributed by atoms with E-state index in [1.165, 1.54) is 5.56 Å². The molecule has 0 heterocycles. The molecule has 0 aliphatic rings. The van der Waals surface area contributed by atoms with E-state index in [9.17, 15) is 0 Å². The Balaban J connectivity index is 0.00000225. The molecule has 1 aromatic rings. The molecule has 1 rings (SSSR count). The molecule has 0 fully saturated rings. The zero-order chi connectivity index (χ0) is 11.3. The van der Waals surface area contributed by atoms with E-state index < -0.39 is 0 Å². The fourth-order valence-corrected chi connectivity index (χ4v) is 1.26. The minimum Gasteiger partial charge on any atom is -0.497 e. The van der Waals surface area contributed by atoms with Gasteiger partial charge >= 0.3 is 0 Å². The number of benzene rings is 1. The predicted octanol–water partition coefficient (Wildman–Crippen LogP) is 1.69. The Hall–Kier alpha value is -0.980. The van der Waals surface area contributed by atoms with Crippen molar-refractivity contribution in [1.82, 2.24) is 4.90 Å². The topological polar surface area (TPSA) is 50.8 Å². The van der Waals surface area contributed by atoms with Gasteiger partial charge in [0.1, 0.15) is 5.75 Å². The Morgan fingerprint density at radius 2 is 1.94 bits per heavy atom. The molecule has 90 valence electrons. The van der Waals surface area contributed by atoms with Crippen LogP contribution in [0, 0.1) is 0 Å². The highest BCUT2D eigenvalue weighted by Crippen LogP contribution is 2.12. The lowest BCUT2D eigenvalue weighted by Gasteiger charge is -2.17. The first-order chi connectivity index (χ1) is 7.17. The summed E-state index contributed by atoms with van der Waals surface area (Å²) in [5.74, 6) is 1.39. The van der Waals surface area contributed by atoms with Gasteiger partial charge in [-0.05, 0) is 17.7 Å². The molecule has 16 heavy (non-hydrogen) atoms. The second-order valence-corrected chi connectivity index (χ2v) is 3.29. The largest absolute Gasteiger partial charge is 0.497 e. The van der Waals surface area contributed by atoms with Crippen molar-refractivity contribution in [2.45, 2.75) is 6.54 Å². The highest BCUT2D eigenvalue weighted by Gasteiger charge is 2.02. The minimum atomic E-state index is 0. The maximum atomic E-state index is 5.67. The first kappa shape index (κ1) is 15.0.